The average molecular weight is 503 g/mol. The van der Waals surface area contributed by atoms with E-state index in [2.05, 4.69) is 91.5 Å². The second kappa shape index (κ2) is 9.99. The van der Waals surface area contributed by atoms with E-state index in [1.165, 1.54) is 76.4 Å². The Labute approximate surface area is 231 Å². The van der Waals surface area contributed by atoms with Crippen molar-refractivity contribution in [2.75, 3.05) is 0 Å². The second-order valence-corrected chi connectivity index (χ2v) is 12.3. The van der Waals surface area contributed by atoms with Crippen molar-refractivity contribution in [2.45, 2.75) is 82.9 Å². The summed E-state index contributed by atoms with van der Waals surface area (Å²) in [5.74, 6) is 0.270. The van der Waals surface area contributed by atoms with Crippen LogP contribution >= 0.6 is 0 Å². The minimum Gasteiger partial charge on any atom is -0.201 e. The van der Waals surface area contributed by atoms with Crippen molar-refractivity contribution >= 4 is 10.8 Å². The molecule has 4 aliphatic carbocycles. The topological polar surface area (TPSA) is 3.88 Å². The van der Waals surface area contributed by atoms with Crippen LogP contribution in [0, 0.1) is 18.8 Å². The average Bonchev–Trinajstić information content (AvgIpc) is 2.98. The molecule has 1 atom stereocenters. The van der Waals surface area contributed by atoms with E-state index in [1.807, 2.05) is 0 Å². The van der Waals surface area contributed by atoms with Crippen molar-refractivity contribution in [3.8, 4) is 22.4 Å². The molecule has 38 heavy (non-hydrogen) atoms. The molecule has 1 aromatic heterocycles. The molecular weight excluding hydrogens is 458 g/mol. The van der Waals surface area contributed by atoms with E-state index in [9.17, 15) is 2.74 Å². The summed E-state index contributed by atoms with van der Waals surface area (Å²) in [6.45, 7) is 2.18. The third-order valence-corrected chi connectivity index (χ3v) is 9.90. The van der Waals surface area contributed by atoms with E-state index in [0.29, 0.717) is 5.92 Å². The zero-order chi connectivity index (χ0) is 27.5. The number of aryl methyl sites for hydroxylation is 2. The third-order valence-electron chi connectivity index (χ3n) is 9.90. The molecule has 3 aromatic carbocycles. The Morgan fingerprint density at radius 1 is 0.763 bits per heavy atom. The number of hydrogen-bond acceptors (Lipinski definition) is 0. The SMILES string of the molecule is [2H]C1(c2c[n+](C)c(-c3ccccc3C)cc2-c2ccc3cc(C4([2H])CC5CCC4CC5)ccc3c2)CCCCC1. The lowest BCUT2D eigenvalue weighted by atomic mass is 9.63. The Morgan fingerprint density at radius 3 is 2.29 bits per heavy atom. The van der Waals surface area contributed by atoms with Gasteiger partial charge in [-0.25, -0.2) is 4.57 Å². The molecule has 4 aromatic rings. The highest BCUT2D eigenvalue weighted by Crippen LogP contribution is 2.50. The van der Waals surface area contributed by atoms with E-state index in [1.54, 1.807) is 0 Å². The van der Waals surface area contributed by atoms with E-state index in [-0.39, 0.29) is 0 Å². The van der Waals surface area contributed by atoms with Crippen LogP contribution in [-0.4, -0.2) is 0 Å². The number of hydrogen-bond donors (Lipinski definition) is 0. The molecule has 2 bridgehead atoms. The van der Waals surface area contributed by atoms with Crippen LogP contribution in [0.2, 0.25) is 0 Å². The van der Waals surface area contributed by atoms with Crippen molar-refractivity contribution < 1.29 is 7.31 Å². The van der Waals surface area contributed by atoms with Gasteiger partial charge >= 0.3 is 0 Å². The van der Waals surface area contributed by atoms with Crippen LogP contribution in [0.15, 0.2) is 72.9 Å². The van der Waals surface area contributed by atoms with E-state index in [0.717, 1.165) is 43.6 Å². The Bertz CT molecular complexity index is 1570. The van der Waals surface area contributed by atoms with Gasteiger partial charge in [0, 0.05) is 19.9 Å². The van der Waals surface area contributed by atoms with Crippen LogP contribution in [0.3, 0.4) is 0 Å². The van der Waals surface area contributed by atoms with Gasteiger partial charge in [0.1, 0.15) is 7.05 Å². The van der Waals surface area contributed by atoms with Gasteiger partial charge in [0.25, 0.3) is 0 Å². The van der Waals surface area contributed by atoms with Gasteiger partial charge in [0.2, 0.25) is 5.69 Å². The molecule has 4 aliphatic rings. The molecule has 1 unspecified atom stereocenters. The standard InChI is InChI=1S/C37H42N/c1-25-8-6-7-11-33(25)37-23-35(36(24-38(37)2)27-9-4-3-5-10-27)32-19-17-29-21-31(18-16-30(29)22-32)34-20-26-12-14-28(34)15-13-26/h6-8,11,16-19,21-24,26-28,34H,3-5,9-10,12-15,20H2,1-2H3/q+1/i27D,34D. The maximum Gasteiger partial charge on any atom is 0.213 e. The summed E-state index contributed by atoms with van der Waals surface area (Å²) in [6.07, 6.45) is 13.7. The first-order valence-corrected chi connectivity index (χ1v) is 15.0. The summed E-state index contributed by atoms with van der Waals surface area (Å²) in [6, 6.07) is 24.6. The fourth-order valence-corrected chi connectivity index (χ4v) is 7.70. The Hall–Kier alpha value is -2.93. The summed E-state index contributed by atoms with van der Waals surface area (Å²) in [7, 11) is 2.14. The van der Waals surface area contributed by atoms with Gasteiger partial charge in [0.15, 0.2) is 6.20 Å². The Morgan fingerprint density at radius 2 is 1.53 bits per heavy atom. The first kappa shape index (κ1) is 21.9. The Kier molecular flexibility index (Phi) is 5.77. The van der Waals surface area contributed by atoms with Gasteiger partial charge in [-0.3, -0.25) is 0 Å². The molecule has 0 radical (unpaired) electrons. The van der Waals surface area contributed by atoms with Gasteiger partial charge in [-0.1, -0.05) is 80.6 Å². The molecule has 8 rings (SSSR count). The van der Waals surface area contributed by atoms with Crippen molar-refractivity contribution in [3.05, 3.63) is 89.6 Å². The highest BCUT2D eigenvalue weighted by molar-refractivity contribution is 5.89. The number of fused-ring (bicyclic) bond motifs is 4. The van der Waals surface area contributed by atoms with Crippen molar-refractivity contribution in [1.82, 2.24) is 0 Å². The lowest BCUT2D eigenvalue weighted by Gasteiger charge is -2.42. The number of pyridine rings is 1. The second-order valence-electron chi connectivity index (χ2n) is 12.3. The van der Waals surface area contributed by atoms with Gasteiger partial charge in [-0.2, -0.15) is 0 Å². The van der Waals surface area contributed by atoms with Gasteiger partial charge in [0.05, 0.1) is 0 Å². The van der Waals surface area contributed by atoms with Crippen LogP contribution in [-0.2, 0) is 7.05 Å². The summed E-state index contributed by atoms with van der Waals surface area (Å²) >= 11 is 0. The van der Waals surface area contributed by atoms with Crippen LogP contribution < -0.4 is 4.57 Å². The van der Waals surface area contributed by atoms with Crippen molar-refractivity contribution in [3.63, 3.8) is 0 Å². The molecule has 1 nitrogen and oxygen atoms in total. The zero-order valence-electron chi connectivity index (χ0n) is 25.1. The van der Waals surface area contributed by atoms with E-state index >= 15 is 0 Å². The van der Waals surface area contributed by atoms with Crippen LogP contribution in [0.4, 0.5) is 0 Å². The summed E-state index contributed by atoms with van der Waals surface area (Å²) in [4.78, 5) is 0. The molecule has 194 valence electrons. The molecule has 1 heterocycles. The van der Waals surface area contributed by atoms with E-state index < -0.39 is 11.8 Å². The molecule has 0 amide bonds. The predicted molar refractivity (Wildman–Crippen MR) is 159 cm³/mol. The minimum absolute atomic E-state index is 0.420. The maximum atomic E-state index is 9.60. The summed E-state index contributed by atoms with van der Waals surface area (Å²) in [5, 5.41) is 2.46. The highest BCUT2D eigenvalue weighted by atomic mass is 14.9. The number of aromatic nitrogens is 1. The van der Waals surface area contributed by atoms with Gasteiger partial charge in [-0.15, -0.1) is 0 Å². The van der Waals surface area contributed by atoms with Gasteiger partial charge < -0.3 is 0 Å². The first-order valence-electron chi connectivity index (χ1n) is 16.0. The Balaban J connectivity index is 1.35. The summed E-state index contributed by atoms with van der Waals surface area (Å²) < 4.78 is 21.3. The molecule has 0 aliphatic heterocycles. The fourth-order valence-electron chi connectivity index (χ4n) is 7.70. The first-order chi connectivity index (χ1) is 19.3. The molecule has 4 saturated carbocycles. The zero-order valence-corrected chi connectivity index (χ0v) is 23.1. The summed E-state index contributed by atoms with van der Waals surface area (Å²) in [5.41, 5.74) is 8.46. The molecular formula is C37H42N+. The molecule has 0 saturated heterocycles. The lowest BCUT2D eigenvalue weighted by Crippen LogP contribution is -2.32. The van der Waals surface area contributed by atoms with Crippen LogP contribution in [0.5, 0.6) is 0 Å². The fraction of sp³-hybridized carbons (Fsp3) is 0.432. The normalized spacial score (nSPS) is 27.2. The number of benzene rings is 3. The van der Waals surface area contributed by atoms with Crippen molar-refractivity contribution in [1.29, 1.82) is 0 Å². The largest absolute Gasteiger partial charge is 0.213 e. The maximum absolute atomic E-state index is 9.60. The molecule has 1 heteroatoms. The molecule has 4 fully saturated rings. The van der Waals surface area contributed by atoms with Crippen molar-refractivity contribution in [2.24, 2.45) is 18.9 Å². The number of rotatable bonds is 4. The van der Waals surface area contributed by atoms with Crippen LogP contribution in [0.25, 0.3) is 33.2 Å². The van der Waals surface area contributed by atoms with Crippen LogP contribution in [0.1, 0.15) is 95.4 Å². The molecule has 0 spiro atoms. The number of nitrogens with zero attached hydrogens (tertiary/aromatic N) is 1. The van der Waals surface area contributed by atoms with E-state index in [4.69, 9.17) is 0 Å². The molecule has 0 N–H and O–H groups in total. The van der Waals surface area contributed by atoms with Gasteiger partial charge in [-0.05, 0) is 108 Å². The highest BCUT2D eigenvalue weighted by Gasteiger charge is 2.36. The quantitative estimate of drug-likeness (QED) is 0.245. The third kappa shape index (κ3) is 4.39. The minimum atomic E-state index is -0.549. The smallest absolute Gasteiger partial charge is 0.201 e. The monoisotopic (exact) mass is 502 g/mol. The lowest BCUT2D eigenvalue weighted by molar-refractivity contribution is -0.660. The predicted octanol–water partition coefficient (Wildman–Crippen LogP) is 9.65.